The number of aldehydes is 1. The number of carbonyl (C=O) groups excluding carboxylic acids is 1. The van der Waals surface area contributed by atoms with Gasteiger partial charge in [0.25, 0.3) is 0 Å². The van der Waals surface area contributed by atoms with Crippen LogP contribution in [-0.2, 0) is 6.61 Å². The summed E-state index contributed by atoms with van der Waals surface area (Å²) < 4.78 is 12.4. The molecule has 2 aromatic carbocycles. The number of hydrogen-bond acceptors (Lipinski definition) is 3. The van der Waals surface area contributed by atoms with Gasteiger partial charge in [-0.1, -0.05) is 23.7 Å². The van der Waals surface area contributed by atoms with E-state index in [2.05, 4.69) is 22.6 Å². The molecule has 0 saturated carbocycles. The molecule has 0 N–H and O–H groups in total. The zero-order valence-electron chi connectivity index (χ0n) is 11.4. The number of hydrogen-bond donors (Lipinski definition) is 0. The molecule has 0 saturated heterocycles. The Morgan fingerprint density at radius 1 is 1.19 bits per heavy atom. The van der Waals surface area contributed by atoms with Crippen LogP contribution in [0.2, 0.25) is 5.02 Å². The van der Waals surface area contributed by atoms with Gasteiger partial charge in [-0.3, -0.25) is 4.79 Å². The first-order chi connectivity index (χ1) is 10.1. The van der Waals surface area contributed by atoms with Gasteiger partial charge in [0.15, 0.2) is 11.5 Å². The van der Waals surface area contributed by atoms with Gasteiger partial charge in [-0.05, 0) is 59.3 Å². The van der Waals surface area contributed by atoms with E-state index in [0.717, 1.165) is 11.8 Å². The molecule has 0 aromatic heterocycles. The van der Waals surface area contributed by atoms with E-state index in [1.54, 1.807) is 12.1 Å². The summed E-state index contributed by atoms with van der Waals surface area (Å²) in [6.07, 6.45) is 0.733. The summed E-state index contributed by atoms with van der Waals surface area (Å²) in [5.41, 5.74) is 1.50. The lowest BCUT2D eigenvalue weighted by Gasteiger charge is -2.14. The minimum Gasteiger partial charge on any atom is -0.490 e. The third-order valence-corrected chi connectivity index (χ3v) is 3.76. The lowest BCUT2D eigenvalue weighted by atomic mass is 10.2. The molecule has 2 rings (SSSR count). The largest absolute Gasteiger partial charge is 0.490 e. The topological polar surface area (TPSA) is 35.5 Å². The van der Waals surface area contributed by atoms with Crippen molar-refractivity contribution in [3.63, 3.8) is 0 Å². The van der Waals surface area contributed by atoms with Crippen LogP contribution >= 0.6 is 34.2 Å². The van der Waals surface area contributed by atoms with Crippen LogP contribution in [0, 0.1) is 3.57 Å². The maximum Gasteiger partial charge on any atom is 0.180 e. The first-order valence-electron chi connectivity index (χ1n) is 6.42. The van der Waals surface area contributed by atoms with Crippen molar-refractivity contribution in [2.24, 2.45) is 0 Å². The smallest absolute Gasteiger partial charge is 0.180 e. The summed E-state index contributed by atoms with van der Waals surface area (Å²) in [5, 5.41) is 0.369. The first kappa shape index (κ1) is 16.1. The zero-order chi connectivity index (χ0) is 15.2. The highest BCUT2D eigenvalue weighted by atomic mass is 127. The molecule has 0 spiro atoms. The standard InChI is InChI=1S/C16H14ClIO3/c1-2-20-15-8-12(9-19)7-14(17)16(15)21-10-11-3-5-13(18)6-4-11/h3-9H,2,10H2,1H3. The second kappa shape index (κ2) is 7.66. The van der Waals surface area contributed by atoms with Crippen LogP contribution in [0.4, 0.5) is 0 Å². The Morgan fingerprint density at radius 2 is 1.90 bits per heavy atom. The summed E-state index contributed by atoms with van der Waals surface area (Å²) >= 11 is 8.43. The summed E-state index contributed by atoms with van der Waals surface area (Å²) in [6, 6.07) is 11.2. The summed E-state index contributed by atoms with van der Waals surface area (Å²) in [4.78, 5) is 10.9. The third-order valence-electron chi connectivity index (χ3n) is 2.76. The van der Waals surface area contributed by atoms with Gasteiger partial charge in [-0.25, -0.2) is 0 Å². The predicted octanol–water partition coefficient (Wildman–Crippen LogP) is 4.73. The molecular weight excluding hydrogens is 403 g/mol. The van der Waals surface area contributed by atoms with E-state index in [-0.39, 0.29) is 0 Å². The Kier molecular flexibility index (Phi) is 5.87. The fourth-order valence-corrected chi connectivity index (χ4v) is 2.43. The van der Waals surface area contributed by atoms with Gasteiger partial charge < -0.3 is 9.47 Å². The number of halogens is 2. The molecule has 0 bridgehead atoms. The molecule has 0 unspecified atom stereocenters. The average Bonchev–Trinajstić information content (AvgIpc) is 2.48. The lowest BCUT2D eigenvalue weighted by Crippen LogP contribution is -2.01. The summed E-state index contributed by atoms with van der Waals surface area (Å²) in [6.45, 7) is 2.72. The molecule has 0 radical (unpaired) electrons. The minimum atomic E-state index is 0.369. The predicted molar refractivity (Wildman–Crippen MR) is 91.5 cm³/mol. The molecule has 0 heterocycles. The van der Waals surface area contributed by atoms with Gasteiger partial charge in [0.05, 0.1) is 11.6 Å². The lowest BCUT2D eigenvalue weighted by molar-refractivity contribution is 0.112. The number of benzene rings is 2. The van der Waals surface area contributed by atoms with Crippen LogP contribution in [0.1, 0.15) is 22.8 Å². The van der Waals surface area contributed by atoms with Crippen LogP contribution in [0.15, 0.2) is 36.4 Å². The quantitative estimate of drug-likeness (QED) is 0.504. The van der Waals surface area contributed by atoms with Crippen LogP contribution in [0.25, 0.3) is 0 Å². The van der Waals surface area contributed by atoms with E-state index < -0.39 is 0 Å². The third kappa shape index (κ3) is 4.35. The number of carbonyl (C=O) groups is 1. The van der Waals surface area contributed by atoms with Crippen LogP contribution in [0.3, 0.4) is 0 Å². The molecule has 5 heteroatoms. The van der Waals surface area contributed by atoms with Gasteiger partial charge in [0, 0.05) is 9.13 Å². The van der Waals surface area contributed by atoms with Crippen molar-refractivity contribution < 1.29 is 14.3 Å². The van der Waals surface area contributed by atoms with Crippen molar-refractivity contribution >= 4 is 40.5 Å². The first-order valence-corrected chi connectivity index (χ1v) is 7.88. The zero-order valence-corrected chi connectivity index (χ0v) is 14.3. The van der Waals surface area contributed by atoms with Crippen LogP contribution < -0.4 is 9.47 Å². The molecule has 0 atom stereocenters. The highest BCUT2D eigenvalue weighted by Crippen LogP contribution is 2.36. The monoisotopic (exact) mass is 416 g/mol. The minimum absolute atomic E-state index is 0.369. The fraction of sp³-hybridized carbons (Fsp3) is 0.188. The van der Waals surface area contributed by atoms with Gasteiger partial charge >= 0.3 is 0 Å². The van der Waals surface area contributed by atoms with E-state index in [4.69, 9.17) is 21.1 Å². The van der Waals surface area contributed by atoms with Crippen molar-refractivity contribution in [1.29, 1.82) is 0 Å². The molecule has 110 valence electrons. The average molecular weight is 417 g/mol. The molecule has 2 aromatic rings. The highest BCUT2D eigenvalue weighted by Gasteiger charge is 2.12. The molecule has 0 aliphatic heterocycles. The molecule has 3 nitrogen and oxygen atoms in total. The Bertz CT molecular complexity index is 626. The van der Waals surface area contributed by atoms with Crippen LogP contribution in [0.5, 0.6) is 11.5 Å². The molecule has 21 heavy (non-hydrogen) atoms. The molecule has 0 fully saturated rings. The van der Waals surface area contributed by atoms with Gasteiger partial charge in [-0.2, -0.15) is 0 Å². The van der Waals surface area contributed by atoms with E-state index in [0.29, 0.717) is 35.3 Å². The number of ether oxygens (including phenoxy) is 2. The van der Waals surface area contributed by atoms with E-state index in [9.17, 15) is 4.79 Å². The molecule has 0 aliphatic rings. The van der Waals surface area contributed by atoms with Crippen molar-refractivity contribution in [2.45, 2.75) is 13.5 Å². The SMILES string of the molecule is CCOc1cc(C=O)cc(Cl)c1OCc1ccc(I)cc1. The van der Waals surface area contributed by atoms with E-state index in [1.807, 2.05) is 31.2 Å². The Labute approximate surface area is 142 Å². The van der Waals surface area contributed by atoms with Crippen molar-refractivity contribution in [3.05, 3.63) is 56.1 Å². The van der Waals surface area contributed by atoms with Crippen LogP contribution in [-0.4, -0.2) is 12.9 Å². The number of rotatable bonds is 6. The van der Waals surface area contributed by atoms with Gasteiger partial charge in [0.2, 0.25) is 0 Å². The molecular formula is C16H14ClIO3. The summed E-state index contributed by atoms with van der Waals surface area (Å²) in [7, 11) is 0. The normalized spacial score (nSPS) is 10.2. The highest BCUT2D eigenvalue weighted by molar-refractivity contribution is 14.1. The fourth-order valence-electron chi connectivity index (χ4n) is 1.80. The second-order valence-corrected chi connectivity index (χ2v) is 5.95. The van der Waals surface area contributed by atoms with Crippen molar-refractivity contribution in [2.75, 3.05) is 6.61 Å². The second-order valence-electron chi connectivity index (χ2n) is 4.30. The Morgan fingerprint density at radius 3 is 2.52 bits per heavy atom. The van der Waals surface area contributed by atoms with E-state index >= 15 is 0 Å². The van der Waals surface area contributed by atoms with Crippen molar-refractivity contribution in [1.82, 2.24) is 0 Å². The maximum absolute atomic E-state index is 10.9. The molecule has 0 aliphatic carbocycles. The van der Waals surface area contributed by atoms with Gasteiger partial charge in [0.1, 0.15) is 12.9 Å². The van der Waals surface area contributed by atoms with Crippen molar-refractivity contribution in [3.8, 4) is 11.5 Å². The molecule has 0 amide bonds. The summed E-state index contributed by atoms with van der Waals surface area (Å²) in [5.74, 6) is 0.945. The Hall–Kier alpha value is -1.27. The van der Waals surface area contributed by atoms with E-state index in [1.165, 1.54) is 3.57 Å². The van der Waals surface area contributed by atoms with Gasteiger partial charge in [-0.15, -0.1) is 0 Å². The maximum atomic E-state index is 10.9. The Balaban J connectivity index is 2.21.